The molecule has 2 rings (SSSR count). The van der Waals surface area contributed by atoms with Gasteiger partial charge in [-0.05, 0) is 36.6 Å². The lowest BCUT2D eigenvalue weighted by atomic mass is 10.1. The molecule has 2 aromatic carbocycles. The van der Waals surface area contributed by atoms with Crippen molar-refractivity contribution in [2.24, 2.45) is 5.92 Å². The number of para-hydroxylation sites is 1. The van der Waals surface area contributed by atoms with Crippen LogP contribution in [0, 0.1) is 5.92 Å². The Morgan fingerprint density at radius 1 is 0.970 bits per heavy atom. The van der Waals surface area contributed by atoms with Crippen LogP contribution in [-0.2, 0) is 26.2 Å². The Morgan fingerprint density at radius 2 is 1.55 bits per heavy atom. The molecule has 0 unspecified atom stereocenters. The molecule has 0 fully saturated rings. The summed E-state index contributed by atoms with van der Waals surface area (Å²) in [6, 6.07) is 12.5. The molecule has 0 spiro atoms. The van der Waals surface area contributed by atoms with E-state index < -0.39 is 28.5 Å². The molecule has 0 radical (unpaired) electrons. The van der Waals surface area contributed by atoms with E-state index in [4.69, 9.17) is 23.2 Å². The minimum Gasteiger partial charge on any atom is -0.354 e. The number of carbonyl (C=O) groups is 2. The second-order valence-electron chi connectivity index (χ2n) is 8.15. The number of hydrogen-bond donors (Lipinski definition) is 1. The molecule has 2 aromatic rings. The molecule has 0 saturated carbocycles. The predicted octanol–water partition coefficient (Wildman–Crippen LogP) is 3.95. The number of nitrogens with one attached hydrogen (secondary N) is 1. The largest absolute Gasteiger partial charge is 0.354 e. The van der Waals surface area contributed by atoms with E-state index in [0.717, 1.165) is 10.6 Å². The minimum absolute atomic E-state index is 0.0366. The van der Waals surface area contributed by atoms with Crippen molar-refractivity contribution in [3.8, 4) is 0 Å². The summed E-state index contributed by atoms with van der Waals surface area (Å²) in [7, 11) is -3.84. The monoisotopic (exact) mass is 513 g/mol. The number of hydrogen-bond acceptors (Lipinski definition) is 4. The zero-order valence-corrected chi connectivity index (χ0v) is 21.4. The van der Waals surface area contributed by atoms with Crippen LogP contribution in [0.15, 0.2) is 48.5 Å². The molecule has 7 nitrogen and oxygen atoms in total. The Balaban J connectivity index is 2.39. The summed E-state index contributed by atoms with van der Waals surface area (Å²) >= 11 is 12.5. The number of benzene rings is 2. The van der Waals surface area contributed by atoms with Gasteiger partial charge in [0.25, 0.3) is 0 Å². The summed E-state index contributed by atoms with van der Waals surface area (Å²) in [5, 5.41) is 3.45. The van der Waals surface area contributed by atoms with Gasteiger partial charge in [0.2, 0.25) is 21.8 Å². The highest BCUT2D eigenvalue weighted by Gasteiger charge is 2.31. The molecule has 0 bridgehead atoms. The van der Waals surface area contributed by atoms with Gasteiger partial charge in [0.05, 0.1) is 17.0 Å². The fourth-order valence-electron chi connectivity index (χ4n) is 3.09. The summed E-state index contributed by atoms with van der Waals surface area (Å²) < 4.78 is 26.0. The number of halogens is 2. The maximum atomic E-state index is 13.4. The summed E-state index contributed by atoms with van der Waals surface area (Å²) in [5.41, 5.74) is 0.823. The van der Waals surface area contributed by atoms with Gasteiger partial charge in [-0.15, -0.1) is 0 Å². The number of carbonyl (C=O) groups excluding carboxylic acids is 2. The molecule has 33 heavy (non-hydrogen) atoms. The first-order chi connectivity index (χ1) is 15.4. The number of anilines is 1. The smallest absolute Gasteiger partial charge is 0.244 e. The summed E-state index contributed by atoms with van der Waals surface area (Å²) in [4.78, 5) is 27.5. The van der Waals surface area contributed by atoms with E-state index in [1.807, 2.05) is 13.8 Å². The topological polar surface area (TPSA) is 86.8 Å². The molecule has 2 amide bonds. The molecule has 1 N–H and O–H groups in total. The van der Waals surface area contributed by atoms with Gasteiger partial charge in [-0.2, -0.15) is 0 Å². The maximum absolute atomic E-state index is 13.4. The number of sulfonamides is 1. The van der Waals surface area contributed by atoms with E-state index in [9.17, 15) is 18.0 Å². The van der Waals surface area contributed by atoms with Crippen LogP contribution in [0.2, 0.25) is 10.0 Å². The van der Waals surface area contributed by atoms with Gasteiger partial charge in [-0.3, -0.25) is 13.9 Å². The Bertz CT molecular complexity index is 1090. The third-order valence-corrected chi connectivity index (χ3v) is 6.77. The molecule has 0 aliphatic heterocycles. The molecule has 0 aromatic heterocycles. The number of nitrogens with zero attached hydrogens (tertiary/aromatic N) is 2. The quantitative estimate of drug-likeness (QED) is 0.520. The van der Waals surface area contributed by atoms with Crippen molar-refractivity contribution in [1.82, 2.24) is 10.2 Å². The van der Waals surface area contributed by atoms with Crippen molar-refractivity contribution < 1.29 is 18.0 Å². The molecule has 0 heterocycles. The van der Waals surface area contributed by atoms with Crippen LogP contribution in [-0.4, -0.2) is 50.5 Å². The van der Waals surface area contributed by atoms with Crippen molar-refractivity contribution in [3.05, 3.63) is 64.1 Å². The first-order valence-corrected chi connectivity index (χ1v) is 13.0. The number of rotatable bonds is 10. The molecule has 0 aliphatic carbocycles. The molecule has 180 valence electrons. The molecule has 0 saturated heterocycles. The summed E-state index contributed by atoms with van der Waals surface area (Å²) in [5.74, 6) is -0.671. The van der Waals surface area contributed by atoms with Gasteiger partial charge in [0.15, 0.2) is 0 Å². The normalized spacial score (nSPS) is 12.3. The van der Waals surface area contributed by atoms with Gasteiger partial charge in [0, 0.05) is 18.1 Å². The van der Waals surface area contributed by atoms with Gasteiger partial charge in [0.1, 0.15) is 12.6 Å². The Labute approximate surface area is 205 Å². The average Bonchev–Trinajstić information content (AvgIpc) is 2.74. The van der Waals surface area contributed by atoms with Crippen molar-refractivity contribution in [2.75, 3.05) is 23.7 Å². The Morgan fingerprint density at radius 3 is 2.09 bits per heavy atom. The summed E-state index contributed by atoms with van der Waals surface area (Å²) in [6.07, 6.45) is 1.00. The molecule has 0 aliphatic rings. The van der Waals surface area contributed by atoms with Gasteiger partial charge in [-0.1, -0.05) is 67.4 Å². The highest BCUT2D eigenvalue weighted by atomic mass is 35.5. The van der Waals surface area contributed by atoms with Crippen LogP contribution in [0.4, 0.5) is 5.69 Å². The lowest BCUT2D eigenvalue weighted by Gasteiger charge is -2.32. The van der Waals surface area contributed by atoms with Gasteiger partial charge >= 0.3 is 0 Å². The van der Waals surface area contributed by atoms with Crippen LogP contribution >= 0.6 is 23.2 Å². The maximum Gasteiger partial charge on any atom is 0.244 e. The van der Waals surface area contributed by atoms with Gasteiger partial charge in [-0.25, -0.2) is 8.42 Å². The molecule has 10 heteroatoms. The zero-order valence-electron chi connectivity index (χ0n) is 19.1. The molecular weight excluding hydrogens is 485 g/mol. The van der Waals surface area contributed by atoms with E-state index >= 15 is 0 Å². The van der Waals surface area contributed by atoms with E-state index in [1.165, 1.54) is 11.0 Å². The fourth-order valence-corrected chi connectivity index (χ4v) is 4.44. The SMILES string of the molecule is CC(C)CNC(=O)[C@H](C)N(Cc1ccccc1Cl)C(=O)CN(c1ccccc1Cl)S(C)(=O)=O. The lowest BCUT2D eigenvalue weighted by Crippen LogP contribution is -2.51. The first kappa shape index (κ1) is 27.0. The van der Waals surface area contributed by atoms with E-state index in [2.05, 4.69) is 5.32 Å². The van der Waals surface area contributed by atoms with Crippen LogP contribution in [0.3, 0.4) is 0 Å². The van der Waals surface area contributed by atoms with Crippen LogP contribution in [0.1, 0.15) is 26.3 Å². The van der Waals surface area contributed by atoms with Crippen molar-refractivity contribution in [3.63, 3.8) is 0 Å². The fraction of sp³-hybridized carbons (Fsp3) is 0.391. The van der Waals surface area contributed by atoms with E-state index in [1.54, 1.807) is 49.4 Å². The van der Waals surface area contributed by atoms with E-state index in [0.29, 0.717) is 17.1 Å². The van der Waals surface area contributed by atoms with Crippen molar-refractivity contribution in [2.45, 2.75) is 33.4 Å². The van der Waals surface area contributed by atoms with Crippen LogP contribution in [0.5, 0.6) is 0 Å². The lowest BCUT2D eigenvalue weighted by molar-refractivity contribution is -0.139. The highest BCUT2D eigenvalue weighted by Crippen LogP contribution is 2.27. The van der Waals surface area contributed by atoms with Crippen LogP contribution in [0.25, 0.3) is 0 Å². The van der Waals surface area contributed by atoms with Crippen LogP contribution < -0.4 is 9.62 Å². The molecular formula is C23H29Cl2N3O4S. The highest BCUT2D eigenvalue weighted by molar-refractivity contribution is 7.92. The zero-order chi connectivity index (χ0) is 24.8. The Hall–Kier alpha value is -2.29. The average molecular weight is 514 g/mol. The predicted molar refractivity (Wildman–Crippen MR) is 133 cm³/mol. The summed E-state index contributed by atoms with van der Waals surface area (Å²) in [6.45, 7) is 5.50. The van der Waals surface area contributed by atoms with Crippen molar-refractivity contribution >= 4 is 50.7 Å². The second-order valence-corrected chi connectivity index (χ2v) is 10.9. The third-order valence-electron chi connectivity index (χ3n) is 4.95. The number of amides is 2. The van der Waals surface area contributed by atoms with E-state index in [-0.39, 0.29) is 29.1 Å². The molecule has 1 atom stereocenters. The van der Waals surface area contributed by atoms with Gasteiger partial charge < -0.3 is 10.2 Å². The standard InChI is InChI=1S/C23H29Cl2N3O4S/c1-16(2)13-26-23(30)17(3)27(14-18-9-5-6-10-19(18)24)22(29)15-28(33(4,31)32)21-12-8-7-11-20(21)25/h5-12,16-17H,13-15H2,1-4H3,(H,26,30)/t17-/m0/s1. The second kappa shape index (κ2) is 11.7. The minimum atomic E-state index is -3.84. The van der Waals surface area contributed by atoms with Crippen molar-refractivity contribution in [1.29, 1.82) is 0 Å². The Kier molecular flexibility index (Phi) is 9.57. The third kappa shape index (κ3) is 7.62. The first-order valence-electron chi connectivity index (χ1n) is 10.4.